The van der Waals surface area contributed by atoms with Crippen LogP contribution in [0, 0.1) is 13.8 Å². The second-order valence-electron chi connectivity index (χ2n) is 4.72. The fourth-order valence-corrected chi connectivity index (χ4v) is 2.51. The first-order valence-corrected chi connectivity index (χ1v) is 7.64. The molecular weight excluding hydrogens is 278 g/mol. The van der Waals surface area contributed by atoms with Crippen molar-refractivity contribution in [3.8, 4) is 0 Å². The molecule has 1 heterocycles. The van der Waals surface area contributed by atoms with E-state index in [4.69, 9.17) is 5.11 Å². The van der Waals surface area contributed by atoms with E-state index in [9.17, 15) is 9.59 Å². The van der Waals surface area contributed by atoms with Gasteiger partial charge in [-0.25, -0.2) is 0 Å². The molecule has 0 bridgehead atoms. The lowest BCUT2D eigenvalue weighted by molar-refractivity contribution is -0.133. The Kier molecular flexibility index (Phi) is 6.57. The monoisotopic (exact) mass is 299 g/mol. The van der Waals surface area contributed by atoms with Gasteiger partial charge in [0.2, 0.25) is 5.91 Å². The minimum absolute atomic E-state index is 0.00960. The average molecular weight is 299 g/mol. The van der Waals surface area contributed by atoms with Crippen LogP contribution in [0.1, 0.15) is 30.8 Å². The Morgan fingerprint density at radius 1 is 1.50 bits per heavy atom. The van der Waals surface area contributed by atoms with Gasteiger partial charge >= 0.3 is 5.97 Å². The minimum atomic E-state index is -0.834. The number of nitrogens with zero attached hydrogens (tertiary/aromatic N) is 2. The van der Waals surface area contributed by atoms with Crippen LogP contribution < -0.4 is 5.32 Å². The van der Waals surface area contributed by atoms with Crippen molar-refractivity contribution in [1.82, 2.24) is 15.1 Å². The molecule has 1 rings (SSSR count). The van der Waals surface area contributed by atoms with Crippen LogP contribution in [0.25, 0.3) is 0 Å². The van der Waals surface area contributed by atoms with Gasteiger partial charge in [0.05, 0.1) is 17.5 Å². The van der Waals surface area contributed by atoms with Crippen molar-refractivity contribution in [2.45, 2.75) is 33.2 Å². The number of aromatic nitrogens is 2. The van der Waals surface area contributed by atoms with Gasteiger partial charge in [-0.15, -0.1) is 11.8 Å². The summed E-state index contributed by atoms with van der Waals surface area (Å²) in [6.07, 6.45) is 0.367. The summed E-state index contributed by atoms with van der Waals surface area (Å²) < 4.78 is 1.86. The maximum absolute atomic E-state index is 11.8. The van der Waals surface area contributed by atoms with Crippen LogP contribution in [0.3, 0.4) is 0 Å². The molecule has 0 aliphatic heterocycles. The molecule has 0 spiro atoms. The molecule has 0 aromatic carbocycles. The second kappa shape index (κ2) is 7.94. The zero-order chi connectivity index (χ0) is 15.1. The zero-order valence-corrected chi connectivity index (χ0v) is 12.9. The van der Waals surface area contributed by atoms with E-state index in [1.54, 1.807) is 0 Å². The van der Waals surface area contributed by atoms with Crippen LogP contribution in [-0.4, -0.2) is 44.8 Å². The number of carbonyl (C=O) groups is 2. The van der Waals surface area contributed by atoms with Crippen molar-refractivity contribution >= 4 is 23.6 Å². The zero-order valence-electron chi connectivity index (χ0n) is 12.0. The van der Waals surface area contributed by atoms with Crippen LogP contribution in [-0.2, 0) is 9.59 Å². The Morgan fingerprint density at radius 2 is 2.20 bits per heavy atom. The number of thioether (sulfide) groups is 1. The molecule has 7 heteroatoms. The Bertz CT molecular complexity index is 473. The molecule has 0 aliphatic rings. The standard InChI is InChI=1S/C13H21N3O3S/c1-9-6-10(2)16(15-9)11(3)7-12(17)14-4-5-20-8-13(18)19/h6,11H,4-5,7-8H2,1-3H3,(H,14,17)(H,18,19). The molecule has 0 saturated carbocycles. The van der Waals surface area contributed by atoms with Gasteiger partial charge in [-0.1, -0.05) is 0 Å². The summed E-state index contributed by atoms with van der Waals surface area (Å²) in [5.74, 6) is -0.204. The van der Waals surface area contributed by atoms with Crippen molar-refractivity contribution < 1.29 is 14.7 Å². The van der Waals surface area contributed by atoms with Gasteiger partial charge in [0.25, 0.3) is 0 Å². The number of carboxylic acid groups (broad SMARTS) is 1. The van der Waals surface area contributed by atoms with E-state index in [1.165, 1.54) is 11.8 Å². The summed E-state index contributed by atoms with van der Waals surface area (Å²) in [4.78, 5) is 22.1. The van der Waals surface area contributed by atoms with E-state index in [0.717, 1.165) is 11.4 Å². The van der Waals surface area contributed by atoms with Crippen LogP contribution in [0.2, 0.25) is 0 Å². The number of aliphatic carboxylic acids is 1. The summed E-state index contributed by atoms with van der Waals surface area (Å²) >= 11 is 1.29. The van der Waals surface area contributed by atoms with Gasteiger partial charge in [0.15, 0.2) is 0 Å². The first-order valence-electron chi connectivity index (χ1n) is 6.49. The molecule has 1 aromatic heterocycles. The van der Waals surface area contributed by atoms with Crippen LogP contribution in [0.5, 0.6) is 0 Å². The lowest BCUT2D eigenvalue weighted by atomic mass is 10.2. The molecule has 0 fully saturated rings. The highest BCUT2D eigenvalue weighted by Crippen LogP contribution is 2.13. The highest BCUT2D eigenvalue weighted by molar-refractivity contribution is 7.99. The summed E-state index contributed by atoms with van der Waals surface area (Å²) in [7, 11) is 0. The van der Waals surface area contributed by atoms with Crippen LogP contribution in [0.15, 0.2) is 6.07 Å². The SMILES string of the molecule is Cc1cc(C)n(C(C)CC(=O)NCCSCC(=O)O)n1. The fraction of sp³-hybridized carbons (Fsp3) is 0.615. The summed E-state index contributed by atoms with van der Waals surface area (Å²) in [5.41, 5.74) is 1.99. The molecule has 112 valence electrons. The van der Waals surface area contributed by atoms with Crippen molar-refractivity contribution in [2.24, 2.45) is 0 Å². The highest BCUT2D eigenvalue weighted by Gasteiger charge is 2.13. The topological polar surface area (TPSA) is 84.2 Å². The Morgan fingerprint density at radius 3 is 2.75 bits per heavy atom. The van der Waals surface area contributed by atoms with E-state index >= 15 is 0 Å². The maximum atomic E-state index is 11.8. The number of nitrogens with one attached hydrogen (secondary N) is 1. The van der Waals surface area contributed by atoms with Gasteiger partial charge in [0.1, 0.15) is 0 Å². The van der Waals surface area contributed by atoms with E-state index < -0.39 is 5.97 Å². The molecule has 1 amide bonds. The van der Waals surface area contributed by atoms with Crippen molar-refractivity contribution in [3.63, 3.8) is 0 Å². The smallest absolute Gasteiger partial charge is 0.313 e. The van der Waals surface area contributed by atoms with Gasteiger partial charge in [0, 0.05) is 24.4 Å². The Labute approximate surface area is 122 Å². The number of hydrogen-bond donors (Lipinski definition) is 2. The lowest BCUT2D eigenvalue weighted by Crippen LogP contribution is -2.28. The van der Waals surface area contributed by atoms with Gasteiger partial charge in [-0.2, -0.15) is 5.10 Å². The summed E-state index contributed by atoms with van der Waals surface area (Å²) in [6.45, 7) is 6.34. The lowest BCUT2D eigenvalue weighted by Gasteiger charge is -2.14. The van der Waals surface area contributed by atoms with Crippen molar-refractivity contribution in [1.29, 1.82) is 0 Å². The largest absolute Gasteiger partial charge is 0.481 e. The summed E-state index contributed by atoms with van der Waals surface area (Å²) in [6, 6.07) is 1.99. The first-order chi connectivity index (χ1) is 9.40. The molecule has 0 saturated heterocycles. The van der Waals surface area contributed by atoms with E-state index in [1.807, 2.05) is 31.5 Å². The number of aryl methyl sites for hydroxylation is 2. The molecule has 0 aliphatic carbocycles. The second-order valence-corrected chi connectivity index (χ2v) is 5.83. The molecule has 1 aromatic rings. The van der Waals surface area contributed by atoms with Gasteiger partial charge < -0.3 is 10.4 Å². The molecule has 6 nitrogen and oxygen atoms in total. The number of carbonyl (C=O) groups excluding carboxylic acids is 1. The molecule has 1 atom stereocenters. The third kappa shape index (κ3) is 5.64. The van der Waals surface area contributed by atoms with Gasteiger partial charge in [-0.3, -0.25) is 14.3 Å². The molecular formula is C13H21N3O3S. The first kappa shape index (κ1) is 16.6. The van der Waals surface area contributed by atoms with Gasteiger partial charge in [-0.05, 0) is 26.8 Å². The quantitative estimate of drug-likeness (QED) is 0.709. The van der Waals surface area contributed by atoms with E-state index in [-0.39, 0.29) is 17.7 Å². The Hall–Kier alpha value is -1.50. The highest BCUT2D eigenvalue weighted by atomic mass is 32.2. The van der Waals surface area contributed by atoms with Crippen LogP contribution in [0.4, 0.5) is 0 Å². The Balaban J connectivity index is 2.28. The third-order valence-electron chi connectivity index (χ3n) is 2.74. The predicted molar refractivity (Wildman–Crippen MR) is 79.0 cm³/mol. The average Bonchev–Trinajstić information content (AvgIpc) is 2.67. The molecule has 1 unspecified atom stereocenters. The van der Waals surface area contributed by atoms with Crippen LogP contribution >= 0.6 is 11.8 Å². The minimum Gasteiger partial charge on any atom is -0.481 e. The normalized spacial score (nSPS) is 12.2. The van der Waals surface area contributed by atoms with E-state index in [2.05, 4.69) is 10.4 Å². The fourth-order valence-electron chi connectivity index (χ4n) is 1.94. The summed E-state index contributed by atoms with van der Waals surface area (Å²) in [5, 5.41) is 15.6. The molecule has 20 heavy (non-hydrogen) atoms. The number of amides is 1. The number of carboxylic acids is 1. The van der Waals surface area contributed by atoms with Crippen molar-refractivity contribution in [3.05, 3.63) is 17.5 Å². The van der Waals surface area contributed by atoms with E-state index in [0.29, 0.717) is 18.7 Å². The van der Waals surface area contributed by atoms with Crippen molar-refractivity contribution in [2.75, 3.05) is 18.1 Å². The molecule has 2 N–H and O–H groups in total. The number of hydrogen-bond acceptors (Lipinski definition) is 4. The molecule has 0 radical (unpaired) electrons. The predicted octanol–water partition coefficient (Wildman–Crippen LogP) is 1.39. The maximum Gasteiger partial charge on any atom is 0.313 e. The number of rotatable bonds is 8. The third-order valence-corrected chi connectivity index (χ3v) is 3.68.